The predicted molar refractivity (Wildman–Crippen MR) is 319 cm³/mol. The van der Waals surface area contributed by atoms with Crippen molar-refractivity contribution in [3.05, 3.63) is 323 Å². The molecule has 0 bridgehead atoms. The van der Waals surface area contributed by atoms with E-state index < -0.39 is 5.41 Å². The van der Waals surface area contributed by atoms with Gasteiger partial charge in [0.05, 0.1) is 5.41 Å². The van der Waals surface area contributed by atoms with Gasteiger partial charge in [0.25, 0.3) is 0 Å². The molecule has 14 rings (SSSR count). The Hall–Kier alpha value is -9.44. The molecule has 3 aliphatic rings. The van der Waals surface area contributed by atoms with Crippen LogP contribution in [-0.2, 0) is 17.3 Å². The van der Waals surface area contributed by atoms with Crippen LogP contribution < -0.4 is 5.32 Å². The number of benzene rings is 11. The van der Waals surface area contributed by atoms with E-state index in [-0.39, 0.29) is 11.6 Å². The zero-order chi connectivity index (χ0) is 51.5. The fourth-order valence-electron chi connectivity index (χ4n) is 12.7. The second-order valence-corrected chi connectivity index (χ2v) is 21.3. The predicted octanol–water partition coefficient (Wildman–Crippen LogP) is 17.7. The minimum Gasteiger partial charge on any atom is -0.344 e. The minimum atomic E-state index is -0.470. The number of amidine groups is 2. The van der Waals surface area contributed by atoms with Gasteiger partial charge in [0.15, 0.2) is 5.84 Å². The number of aliphatic imine (C=N–C) groups is 2. The van der Waals surface area contributed by atoms with Gasteiger partial charge in [-0.15, -0.1) is 0 Å². The van der Waals surface area contributed by atoms with Crippen LogP contribution >= 0.6 is 0 Å². The van der Waals surface area contributed by atoms with Crippen LogP contribution in [0.3, 0.4) is 0 Å². The number of hydrogen-bond donors (Lipinski definition) is 1. The molecule has 1 N–H and O–H groups in total. The number of nitrogens with zero attached hydrogens (tertiary/aromatic N) is 2. The van der Waals surface area contributed by atoms with Gasteiger partial charge in [-0.05, 0) is 124 Å². The van der Waals surface area contributed by atoms with Crippen molar-refractivity contribution in [2.45, 2.75) is 37.3 Å². The molecule has 3 nitrogen and oxygen atoms in total. The van der Waals surface area contributed by atoms with Crippen molar-refractivity contribution in [3.63, 3.8) is 0 Å². The lowest BCUT2D eigenvalue weighted by molar-refractivity contribution is 0.509. The molecule has 11 aromatic carbocycles. The Balaban J connectivity index is 0.888. The second kappa shape index (κ2) is 18.7. The van der Waals surface area contributed by atoms with Crippen LogP contribution in [0.5, 0.6) is 0 Å². The van der Waals surface area contributed by atoms with Gasteiger partial charge in [0.2, 0.25) is 0 Å². The zero-order valence-electron chi connectivity index (χ0n) is 43.2. The Morgan fingerprint density at radius 3 is 1.31 bits per heavy atom. The highest BCUT2D eigenvalue weighted by atomic mass is 15.2. The maximum absolute atomic E-state index is 5.50. The van der Waals surface area contributed by atoms with Gasteiger partial charge in [-0.3, -0.25) is 0 Å². The van der Waals surface area contributed by atoms with Gasteiger partial charge in [-0.1, -0.05) is 275 Å². The van der Waals surface area contributed by atoms with Gasteiger partial charge in [-0.25, -0.2) is 9.98 Å². The summed E-state index contributed by atoms with van der Waals surface area (Å²) in [6, 6.07) is 99.8. The number of fused-ring (bicyclic) bond motifs is 8. The molecule has 0 fully saturated rings. The topological polar surface area (TPSA) is 36.8 Å². The van der Waals surface area contributed by atoms with Crippen molar-refractivity contribution in [1.29, 1.82) is 0 Å². The van der Waals surface area contributed by atoms with Crippen molar-refractivity contribution in [2.75, 3.05) is 0 Å². The summed E-state index contributed by atoms with van der Waals surface area (Å²) >= 11 is 0. The van der Waals surface area contributed by atoms with Crippen LogP contribution in [0.4, 0.5) is 0 Å². The van der Waals surface area contributed by atoms with Crippen LogP contribution in [0, 0.1) is 0 Å². The lowest BCUT2D eigenvalue weighted by Crippen LogP contribution is -2.44. The molecule has 0 aromatic heterocycles. The third-order valence-corrected chi connectivity index (χ3v) is 16.6. The smallest absolute Gasteiger partial charge is 0.159 e. The van der Waals surface area contributed by atoms with E-state index in [0.717, 1.165) is 28.9 Å². The summed E-state index contributed by atoms with van der Waals surface area (Å²) in [6.07, 6.45) is 0.445. The van der Waals surface area contributed by atoms with Crippen molar-refractivity contribution in [2.24, 2.45) is 9.98 Å². The number of nitrogens with one attached hydrogen (secondary N) is 1. The van der Waals surface area contributed by atoms with Crippen LogP contribution in [0.2, 0.25) is 0 Å². The highest BCUT2D eigenvalue weighted by molar-refractivity contribution is 6.16. The minimum absolute atomic E-state index is 0.192. The molecule has 77 heavy (non-hydrogen) atoms. The van der Waals surface area contributed by atoms with Crippen LogP contribution in [-0.4, -0.2) is 11.7 Å². The average Bonchev–Trinajstić information content (AvgIpc) is 3.68. The lowest BCUT2D eigenvalue weighted by Gasteiger charge is -2.50. The highest BCUT2D eigenvalue weighted by Crippen LogP contribution is 2.59. The molecule has 1 atom stereocenters. The van der Waals surface area contributed by atoms with Gasteiger partial charge in [0, 0.05) is 16.5 Å². The molecule has 0 saturated carbocycles. The standard InChI is InChI=1S/C74H55N3/c1-73(2)64-27-12-14-29-66(64)74(67-30-15-13-28-65(67)73)48-61-45-44-60(55-38-34-53(35-39-55)52-32-36-54(37-33-52)59-25-16-24-58(46-59)50-20-8-4-9-21-50)47-63(61)69-62(26-17-31-68(69)74)72-76-70(56-22-10-5-11-23-56)75-71(77-72)57-42-40-51(41-43-57)49-18-6-3-7-19-49/h3-47,71H,48H2,1-2H3,(H,75,76,77). The molecule has 2 aliphatic carbocycles. The van der Waals surface area contributed by atoms with E-state index in [2.05, 4.69) is 292 Å². The van der Waals surface area contributed by atoms with E-state index >= 15 is 0 Å². The van der Waals surface area contributed by atoms with E-state index in [4.69, 9.17) is 9.98 Å². The Bertz CT molecular complexity index is 4030. The Morgan fingerprint density at radius 2 is 0.753 bits per heavy atom. The molecule has 0 amide bonds. The molecule has 3 heteroatoms. The van der Waals surface area contributed by atoms with Gasteiger partial charge in [0.1, 0.15) is 12.0 Å². The van der Waals surface area contributed by atoms with E-state index in [1.165, 1.54) is 100 Å². The van der Waals surface area contributed by atoms with Crippen LogP contribution in [0.15, 0.2) is 283 Å². The molecule has 1 aliphatic heterocycles. The van der Waals surface area contributed by atoms with Gasteiger partial charge < -0.3 is 5.32 Å². The summed E-state index contributed by atoms with van der Waals surface area (Å²) in [5.74, 6) is 1.51. The molecule has 0 radical (unpaired) electrons. The van der Waals surface area contributed by atoms with Gasteiger partial charge >= 0.3 is 0 Å². The van der Waals surface area contributed by atoms with Crippen molar-refractivity contribution in [1.82, 2.24) is 5.32 Å². The maximum Gasteiger partial charge on any atom is 0.159 e. The quantitative estimate of drug-likeness (QED) is 0.162. The third-order valence-electron chi connectivity index (χ3n) is 16.6. The third kappa shape index (κ3) is 7.97. The molecule has 1 spiro atoms. The molecule has 1 unspecified atom stereocenters. The first-order chi connectivity index (χ1) is 37.9. The second-order valence-electron chi connectivity index (χ2n) is 21.3. The zero-order valence-corrected chi connectivity index (χ0v) is 43.2. The van der Waals surface area contributed by atoms with Crippen molar-refractivity contribution >= 4 is 11.7 Å². The van der Waals surface area contributed by atoms with Crippen LogP contribution in [0.25, 0.3) is 66.8 Å². The maximum atomic E-state index is 5.50. The first-order valence-corrected chi connectivity index (χ1v) is 26.9. The summed E-state index contributed by atoms with van der Waals surface area (Å²) in [5, 5.41) is 3.92. The first kappa shape index (κ1) is 46.1. The summed E-state index contributed by atoms with van der Waals surface area (Å²) in [6.45, 7) is 4.78. The number of rotatable bonds is 8. The number of hydrogen-bond acceptors (Lipinski definition) is 3. The summed E-state index contributed by atoms with van der Waals surface area (Å²) in [5.41, 5.74) is 24.9. The molecule has 11 aromatic rings. The van der Waals surface area contributed by atoms with Gasteiger partial charge in [-0.2, -0.15) is 0 Å². The Morgan fingerprint density at radius 1 is 0.351 bits per heavy atom. The largest absolute Gasteiger partial charge is 0.344 e. The summed E-state index contributed by atoms with van der Waals surface area (Å²) in [4.78, 5) is 10.9. The fourth-order valence-corrected chi connectivity index (χ4v) is 12.7. The molecular formula is C74H55N3. The molecule has 1 heterocycles. The summed E-state index contributed by atoms with van der Waals surface area (Å²) < 4.78 is 0. The lowest BCUT2D eigenvalue weighted by atomic mass is 9.52. The normalized spacial score (nSPS) is 15.4. The van der Waals surface area contributed by atoms with E-state index in [0.29, 0.717) is 5.84 Å². The highest BCUT2D eigenvalue weighted by Gasteiger charge is 2.51. The average molecular weight is 986 g/mol. The molecule has 366 valence electrons. The Labute approximate surface area is 451 Å². The van der Waals surface area contributed by atoms with E-state index in [1.807, 2.05) is 0 Å². The molecular weight excluding hydrogens is 931 g/mol. The first-order valence-electron chi connectivity index (χ1n) is 26.9. The Kier molecular flexibility index (Phi) is 11.2. The molecule has 0 saturated heterocycles. The van der Waals surface area contributed by atoms with E-state index in [9.17, 15) is 0 Å². The summed E-state index contributed by atoms with van der Waals surface area (Å²) in [7, 11) is 0. The SMILES string of the molecule is CC1(C)c2ccccc2C2(Cc3ccc(-c4ccc(-c5ccc(-c6cccc(-c7ccccc7)c6)cc5)cc4)cc3-c3c(C4=NC(c5ccccc5)=NC(c5ccc(-c6ccccc6)cc5)N4)cccc32)c2ccccc21. The van der Waals surface area contributed by atoms with Crippen molar-refractivity contribution in [3.8, 4) is 66.8 Å². The van der Waals surface area contributed by atoms with Crippen molar-refractivity contribution < 1.29 is 0 Å². The van der Waals surface area contributed by atoms with Crippen LogP contribution in [0.1, 0.15) is 70.1 Å². The fraction of sp³-hybridized carbons (Fsp3) is 0.0811. The van der Waals surface area contributed by atoms with E-state index in [1.54, 1.807) is 0 Å². The monoisotopic (exact) mass is 985 g/mol.